The van der Waals surface area contributed by atoms with E-state index in [9.17, 15) is 0 Å². The van der Waals surface area contributed by atoms with E-state index in [1.807, 2.05) is 0 Å². The zero-order chi connectivity index (χ0) is 20.5. The van der Waals surface area contributed by atoms with Gasteiger partial charge in [-0.15, -0.1) is 0 Å². The molecule has 0 bridgehead atoms. The van der Waals surface area contributed by atoms with Crippen LogP contribution in [0.15, 0.2) is 36.4 Å². The van der Waals surface area contributed by atoms with Crippen molar-refractivity contribution < 1.29 is 48.1 Å². The predicted octanol–water partition coefficient (Wildman–Crippen LogP) is 1.60. The molecule has 0 saturated carbocycles. The van der Waals surface area contributed by atoms with Crippen LogP contribution in [0.4, 0.5) is 0 Å². The first kappa shape index (κ1) is 33.0. The first-order chi connectivity index (χ1) is 11.8. The summed E-state index contributed by atoms with van der Waals surface area (Å²) in [5, 5.41) is 0. The smallest absolute Gasteiger partial charge is 0.0635 e. The van der Waals surface area contributed by atoms with Crippen molar-refractivity contribution in [3.8, 4) is 0 Å². The molecule has 0 atom stereocenters. The van der Waals surface area contributed by atoms with E-state index in [0.717, 1.165) is 0 Å². The first-order valence-corrected chi connectivity index (χ1v) is 15.4. The zero-order valence-corrected chi connectivity index (χ0v) is 24.6. The molecule has 2 aromatic carbocycles. The van der Waals surface area contributed by atoms with Gasteiger partial charge in [-0.3, -0.25) is 0 Å². The van der Waals surface area contributed by atoms with Gasteiger partial charge in [-0.2, -0.15) is 46.5 Å². The van der Waals surface area contributed by atoms with Crippen LogP contribution >= 0.6 is 0 Å². The van der Waals surface area contributed by atoms with Crippen LogP contribution in [0.25, 0.3) is 0 Å². The van der Waals surface area contributed by atoms with Crippen LogP contribution in [-0.4, -0.2) is 5.43 Å². The van der Waals surface area contributed by atoms with E-state index in [1.165, 1.54) is 34.3 Å². The maximum atomic E-state index is 2.30. The van der Waals surface area contributed by atoms with Crippen molar-refractivity contribution in [3.63, 3.8) is 0 Å². The molecule has 160 valence electrons. The summed E-state index contributed by atoms with van der Waals surface area (Å²) in [6, 6.07) is 16.2. The van der Waals surface area contributed by atoms with E-state index >= 15 is 0 Å². The minimum Gasteiger partial charge on any atom is -1.00 e. The van der Waals surface area contributed by atoms with E-state index in [1.54, 1.807) is 23.3 Å². The molecule has 0 aliphatic heterocycles. The van der Waals surface area contributed by atoms with E-state index in [-0.39, 0.29) is 30.2 Å². The van der Waals surface area contributed by atoms with Crippen LogP contribution in [0.2, 0.25) is 12.1 Å². The Morgan fingerprint density at radius 2 is 1.04 bits per heavy atom. The SMILES string of the molecule is CC[Si](=[Zr+2])CC.Cc1cc(C(C)(C)C)c[cH-]1.Cc1cc(C(C)(C)C)c[cH-]1.[Cl-].[Cl-]. The molecule has 0 aliphatic rings. The van der Waals surface area contributed by atoms with Crippen LogP contribution in [0, 0.1) is 13.8 Å². The Labute approximate surface area is 203 Å². The summed E-state index contributed by atoms with van der Waals surface area (Å²) in [7, 11) is 0. The fraction of sp³-hybridized carbons (Fsp3) is 0.583. The number of halogens is 2. The molecule has 0 unspecified atom stereocenters. The number of hydrogen-bond acceptors (Lipinski definition) is 0. The number of aryl methyl sites for hydroxylation is 2. The minimum absolute atomic E-state index is 0. The first-order valence-electron chi connectivity index (χ1n) is 9.85. The summed E-state index contributed by atoms with van der Waals surface area (Å²) in [6.07, 6.45) is 0. The molecule has 0 heterocycles. The third-order valence-electron chi connectivity index (χ3n) is 4.40. The molecule has 0 aliphatic carbocycles. The fourth-order valence-electron chi connectivity index (χ4n) is 2.31. The Hall–Kier alpha value is 0.380. The molecule has 4 heteroatoms. The fourth-order valence-corrected chi connectivity index (χ4v) is 2.81. The van der Waals surface area contributed by atoms with Gasteiger partial charge in [0.1, 0.15) is 0 Å². The minimum atomic E-state index is 0. The van der Waals surface area contributed by atoms with Gasteiger partial charge in [0.2, 0.25) is 0 Å². The standard InChI is InChI=1S/2C10H15.C4H10Si.2ClH.Zr/c2*1-8-5-6-9(7-8)10(2,3)4;1-3-5-4-2;;;/h2*5-7H,1-4H3;3-4H2,1-2H3;2*1H;/q2*-1;;;;+2/p-2. The number of hydrogen-bond donors (Lipinski definition) is 0. The van der Waals surface area contributed by atoms with Gasteiger partial charge >= 0.3 is 54.7 Å². The summed E-state index contributed by atoms with van der Waals surface area (Å²) < 4.78 is 0. The topological polar surface area (TPSA) is 0 Å². The molecule has 0 spiro atoms. The van der Waals surface area contributed by atoms with Crippen molar-refractivity contribution in [2.24, 2.45) is 0 Å². The van der Waals surface area contributed by atoms with Gasteiger partial charge in [0.15, 0.2) is 0 Å². The van der Waals surface area contributed by atoms with E-state index in [4.69, 9.17) is 0 Å². The average molecular weight is 519 g/mol. The molecule has 0 radical (unpaired) electrons. The van der Waals surface area contributed by atoms with Crippen molar-refractivity contribution in [3.05, 3.63) is 58.7 Å². The van der Waals surface area contributed by atoms with Crippen molar-refractivity contribution in [2.45, 2.75) is 92.2 Å². The van der Waals surface area contributed by atoms with Crippen LogP contribution < -0.4 is 24.8 Å². The largest absolute Gasteiger partial charge is 1.00 e. The van der Waals surface area contributed by atoms with Gasteiger partial charge < -0.3 is 24.8 Å². The van der Waals surface area contributed by atoms with Crippen molar-refractivity contribution in [2.75, 3.05) is 0 Å². The van der Waals surface area contributed by atoms with Crippen LogP contribution in [0.1, 0.15) is 77.6 Å². The Kier molecular flexibility index (Phi) is 18.0. The summed E-state index contributed by atoms with van der Waals surface area (Å²) in [5.74, 6) is 0. The summed E-state index contributed by atoms with van der Waals surface area (Å²) in [5.41, 5.74) is 6.45. The summed E-state index contributed by atoms with van der Waals surface area (Å²) in [4.78, 5) is 0. The Bertz CT molecular complexity index is 598. The van der Waals surface area contributed by atoms with Gasteiger partial charge in [0, 0.05) is 0 Å². The van der Waals surface area contributed by atoms with E-state index in [0.29, 0.717) is 10.8 Å². The monoisotopic (exact) mass is 516 g/mol. The van der Waals surface area contributed by atoms with Gasteiger partial charge in [-0.25, -0.2) is 12.1 Å². The number of rotatable bonds is 2. The second-order valence-corrected chi connectivity index (χ2v) is 17.0. The van der Waals surface area contributed by atoms with Gasteiger partial charge in [0.05, 0.1) is 0 Å². The molecule has 0 saturated heterocycles. The molecule has 28 heavy (non-hydrogen) atoms. The maximum absolute atomic E-state index is 2.30. The molecule has 0 nitrogen and oxygen atoms in total. The molecule has 2 rings (SSSR count). The Balaban J connectivity index is -0.000000335. The third kappa shape index (κ3) is 14.4. The van der Waals surface area contributed by atoms with E-state index in [2.05, 4.69) is 106 Å². The average Bonchev–Trinajstić information content (AvgIpc) is 3.15. The van der Waals surface area contributed by atoms with Gasteiger partial charge in [-0.05, 0) is 0 Å². The maximum Gasteiger partial charge on any atom is -0.0635 e. The zero-order valence-electron chi connectivity index (χ0n) is 19.6. The molecule has 2 aromatic rings. The second kappa shape index (κ2) is 15.2. The molecule has 0 N–H and O–H groups in total. The Morgan fingerprint density at radius 3 is 1.11 bits per heavy atom. The normalized spacial score (nSPS) is 10.4. The molecular weight excluding hydrogens is 478 g/mol. The Morgan fingerprint density at radius 1 is 0.750 bits per heavy atom. The second-order valence-electron chi connectivity index (χ2n) is 9.16. The quantitative estimate of drug-likeness (QED) is 0.419. The van der Waals surface area contributed by atoms with Crippen LogP contribution in [0.5, 0.6) is 0 Å². The summed E-state index contributed by atoms with van der Waals surface area (Å²) >= 11 is 1.80. The van der Waals surface area contributed by atoms with E-state index < -0.39 is 0 Å². The molecule has 0 amide bonds. The molecule has 0 aromatic heterocycles. The van der Waals surface area contributed by atoms with Crippen LogP contribution in [-0.2, 0) is 34.2 Å². The predicted molar refractivity (Wildman–Crippen MR) is 118 cm³/mol. The third-order valence-corrected chi connectivity index (χ3v) is 11.3. The molecule has 0 fully saturated rings. The van der Waals surface area contributed by atoms with Crippen molar-refractivity contribution >= 4 is 5.43 Å². The van der Waals surface area contributed by atoms with Gasteiger partial charge in [0.25, 0.3) is 0 Å². The molecular formula is C24H40Cl2SiZr-2. The van der Waals surface area contributed by atoms with Gasteiger partial charge in [-0.1, -0.05) is 66.2 Å². The van der Waals surface area contributed by atoms with Crippen molar-refractivity contribution in [1.82, 2.24) is 0 Å². The van der Waals surface area contributed by atoms with Crippen LogP contribution in [0.3, 0.4) is 0 Å². The van der Waals surface area contributed by atoms with Crippen molar-refractivity contribution in [1.29, 1.82) is 0 Å². The summed E-state index contributed by atoms with van der Waals surface area (Å²) in [6.45, 7) is 22.3.